The molecular formula is C18H19IN2OS. The summed E-state index contributed by atoms with van der Waals surface area (Å²) in [5.74, 6) is 1.16. The van der Waals surface area contributed by atoms with Crippen LogP contribution in [-0.4, -0.2) is 17.4 Å². The van der Waals surface area contributed by atoms with Gasteiger partial charge < -0.3 is 0 Å². The van der Waals surface area contributed by atoms with Gasteiger partial charge in [-0.15, -0.1) is 11.8 Å². The molecule has 0 aromatic heterocycles. The highest BCUT2D eigenvalue weighted by atomic mass is 127. The number of benzene rings is 2. The summed E-state index contributed by atoms with van der Waals surface area (Å²) in [4.78, 5) is 11.9. The Morgan fingerprint density at radius 1 is 1.22 bits per heavy atom. The quantitative estimate of drug-likeness (QED) is 0.414. The highest BCUT2D eigenvalue weighted by Crippen LogP contribution is 2.15. The van der Waals surface area contributed by atoms with Crippen LogP contribution in [0.3, 0.4) is 0 Å². The normalized spacial score (nSPS) is 11.3. The van der Waals surface area contributed by atoms with Crippen molar-refractivity contribution >= 4 is 46.0 Å². The second kappa shape index (κ2) is 9.08. The van der Waals surface area contributed by atoms with E-state index in [2.05, 4.69) is 52.2 Å². The van der Waals surface area contributed by atoms with Gasteiger partial charge in [-0.1, -0.05) is 36.4 Å². The van der Waals surface area contributed by atoms with E-state index in [1.807, 2.05) is 43.3 Å². The van der Waals surface area contributed by atoms with Crippen LogP contribution < -0.4 is 5.43 Å². The third-order valence-corrected chi connectivity index (χ3v) is 5.00. The molecule has 0 fully saturated rings. The molecule has 2 rings (SSSR count). The second-order valence-electron chi connectivity index (χ2n) is 5.16. The van der Waals surface area contributed by atoms with E-state index in [0.29, 0.717) is 5.75 Å². The molecule has 1 amide bonds. The molecule has 0 unspecified atom stereocenters. The molecule has 120 valence electrons. The fraction of sp³-hybridized carbons (Fsp3) is 0.222. The van der Waals surface area contributed by atoms with Crippen LogP contribution in [0, 0.1) is 10.5 Å². The van der Waals surface area contributed by atoms with Crippen LogP contribution in [0.2, 0.25) is 0 Å². The molecule has 0 aliphatic carbocycles. The molecular weight excluding hydrogens is 419 g/mol. The van der Waals surface area contributed by atoms with Crippen LogP contribution in [0.25, 0.3) is 0 Å². The van der Waals surface area contributed by atoms with Crippen molar-refractivity contribution in [1.82, 2.24) is 5.43 Å². The summed E-state index contributed by atoms with van der Waals surface area (Å²) < 4.78 is 1.15. The molecule has 0 spiro atoms. The van der Waals surface area contributed by atoms with Gasteiger partial charge in [-0.05, 0) is 65.3 Å². The molecule has 0 aliphatic heterocycles. The number of hydrogen-bond acceptors (Lipinski definition) is 3. The maximum Gasteiger partial charge on any atom is 0.250 e. The number of nitrogens with zero attached hydrogens (tertiary/aromatic N) is 1. The third kappa shape index (κ3) is 5.99. The number of hydrogen-bond donors (Lipinski definition) is 1. The Hall–Kier alpha value is -1.34. The number of thioether (sulfide) groups is 1. The second-order valence-corrected chi connectivity index (χ2v) is 7.39. The van der Waals surface area contributed by atoms with Crippen molar-refractivity contribution in [2.45, 2.75) is 19.6 Å². The van der Waals surface area contributed by atoms with Crippen LogP contribution in [0.1, 0.15) is 23.6 Å². The lowest BCUT2D eigenvalue weighted by molar-refractivity contribution is -0.118. The molecule has 0 saturated carbocycles. The van der Waals surface area contributed by atoms with Gasteiger partial charge in [0.25, 0.3) is 0 Å². The van der Waals surface area contributed by atoms with Gasteiger partial charge in [0.2, 0.25) is 5.91 Å². The van der Waals surface area contributed by atoms with E-state index in [0.717, 1.165) is 20.6 Å². The van der Waals surface area contributed by atoms with Gasteiger partial charge in [-0.3, -0.25) is 4.79 Å². The van der Waals surface area contributed by atoms with E-state index < -0.39 is 0 Å². The molecule has 23 heavy (non-hydrogen) atoms. The number of halogens is 1. The van der Waals surface area contributed by atoms with Crippen molar-refractivity contribution < 1.29 is 4.79 Å². The summed E-state index contributed by atoms with van der Waals surface area (Å²) in [5.41, 5.74) is 6.98. The van der Waals surface area contributed by atoms with Crippen LogP contribution in [0.4, 0.5) is 0 Å². The zero-order valence-electron chi connectivity index (χ0n) is 13.2. The van der Waals surface area contributed by atoms with Crippen molar-refractivity contribution in [3.8, 4) is 0 Å². The molecule has 1 N–H and O–H groups in total. The number of carbonyl (C=O) groups excluding carboxylic acids is 1. The van der Waals surface area contributed by atoms with Gasteiger partial charge in [0.15, 0.2) is 0 Å². The van der Waals surface area contributed by atoms with Gasteiger partial charge in [0, 0.05) is 9.32 Å². The van der Waals surface area contributed by atoms with Gasteiger partial charge >= 0.3 is 0 Å². The van der Waals surface area contributed by atoms with E-state index in [1.165, 1.54) is 11.1 Å². The maximum absolute atomic E-state index is 11.9. The standard InChI is InChI=1S/C18H19IN2OS/c1-13-6-3-4-7-16(13)11-23-12-18(22)21-20-14(2)15-8-5-9-17(19)10-15/h3-10H,11-12H2,1-2H3,(H,21,22)/b20-14-. The Morgan fingerprint density at radius 3 is 2.74 bits per heavy atom. The van der Waals surface area contributed by atoms with Crippen molar-refractivity contribution in [3.05, 3.63) is 68.8 Å². The highest BCUT2D eigenvalue weighted by Gasteiger charge is 2.04. The largest absolute Gasteiger partial charge is 0.272 e. The van der Waals surface area contributed by atoms with E-state index in [-0.39, 0.29) is 5.91 Å². The predicted octanol–water partition coefficient (Wildman–Crippen LogP) is 4.37. The molecule has 3 nitrogen and oxygen atoms in total. The SMILES string of the molecule is C/C(=N/NC(=O)CSCc1ccccc1C)c1cccc(I)c1. The van der Waals surface area contributed by atoms with Gasteiger partial charge in [-0.2, -0.15) is 5.10 Å². The zero-order valence-corrected chi connectivity index (χ0v) is 16.1. The fourth-order valence-corrected chi connectivity index (χ4v) is 3.42. The maximum atomic E-state index is 11.9. The first-order valence-corrected chi connectivity index (χ1v) is 9.51. The van der Waals surface area contributed by atoms with Gasteiger partial charge in [0.1, 0.15) is 0 Å². The number of rotatable bonds is 6. The summed E-state index contributed by atoms with van der Waals surface area (Å²) in [6, 6.07) is 16.3. The number of hydrazone groups is 1. The van der Waals surface area contributed by atoms with Crippen LogP contribution in [-0.2, 0) is 10.5 Å². The molecule has 0 saturated heterocycles. The number of nitrogens with one attached hydrogen (secondary N) is 1. The van der Waals surface area contributed by atoms with Crippen LogP contribution in [0.15, 0.2) is 53.6 Å². The monoisotopic (exact) mass is 438 g/mol. The molecule has 0 atom stereocenters. The Kier molecular flexibility index (Phi) is 7.11. The minimum absolute atomic E-state index is 0.0754. The first-order chi connectivity index (χ1) is 11.1. The molecule has 0 heterocycles. The summed E-state index contributed by atoms with van der Waals surface area (Å²) >= 11 is 3.86. The lowest BCUT2D eigenvalue weighted by Gasteiger charge is -2.05. The summed E-state index contributed by atoms with van der Waals surface area (Å²) in [6.07, 6.45) is 0. The molecule has 0 radical (unpaired) electrons. The van der Waals surface area contributed by atoms with Crippen LogP contribution in [0.5, 0.6) is 0 Å². The minimum Gasteiger partial charge on any atom is -0.272 e. The van der Waals surface area contributed by atoms with Gasteiger partial charge in [0.05, 0.1) is 11.5 Å². The number of carbonyl (C=O) groups is 1. The molecule has 2 aromatic carbocycles. The van der Waals surface area contributed by atoms with Crippen molar-refractivity contribution in [3.63, 3.8) is 0 Å². The van der Waals surface area contributed by atoms with E-state index in [9.17, 15) is 4.79 Å². The fourth-order valence-electron chi connectivity index (χ4n) is 1.98. The number of aryl methyl sites for hydroxylation is 1. The first-order valence-electron chi connectivity index (χ1n) is 7.27. The van der Waals surface area contributed by atoms with E-state index in [4.69, 9.17) is 0 Å². The Morgan fingerprint density at radius 2 is 2.00 bits per heavy atom. The molecule has 2 aromatic rings. The lowest BCUT2D eigenvalue weighted by atomic mass is 10.1. The Balaban J connectivity index is 1.81. The molecule has 0 aliphatic rings. The Bertz CT molecular complexity index is 716. The third-order valence-electron chi connectivity index (χ3n) is 3.34. The predicted molar refractivity (Wildman–Crippen MR) is 107 cm³/mol. The zero-order chi connectivity index (χ0) is 16.7. The first kappa shape index (κ1) is 18.0. The van der Waals surface area contributed by atoms with Crippen LogP contribution >= 0.6 is 34.4 Å². The smallest absolute Gasteiger partial charge is 0.250 e. The van der Waals surface area contributed by atoms with Crippen molar-refractivity contribution in [2.24, 2.45) is 5.10 Å². The van der Waals surface area contributed by atoms with Crippen molar-refractivity contribution in [2.75, 3.05) is 5.75 Å². The van der Waals surface area contributed by atoms with Gasteiger partial charge in [-0.25, -0.2) is 5.43 Å². The molecule has 5 heteroatoms. The Labute approximate surface area is 155 Å². The summed E-state index contributed by atoms with van der Waals surface area (Å²) in [7, 11) is 0. The summed E-state index contributed by atoms with van der Waals surface area (Å²) in [6.45, 7) is 3.98. The molecule has 0 bridgehead atoms. The van der Waals surface area contributed by atoms with Crippen molar-refractivity contribution in [1.29, 1.82) is 0 Å². The average molecular weight is 438 g/mol. The number of amides is 1. The van der Waals surface area contributed by atoms with E-state index in [1.54, 1.807) is 11.8 Å². The highest BCUT2D eigenvalue weighted by molar-refractivity contribution is 14.1. The average Bonchev–Trinajstić information content (AvgIpc) is 2.54. The summed E-state index contributed by atoms with van der Waals surface area (Å²) in [5, 5.41) is 4.18. The lowest BCUT2D eigenvalue weighted by Crippen LogP contribution is -2.21. The topological polar surface area (TPSA) is 41.5 Å². The minimum atomic E-state index is -0.0754. The van der Waals surface area contributed by atoms with E-state index >= 15 is 0 Å².